The number of nitrogens with one attached hydrogen (secondary N) is 1. The van der Waals surface area contributed by atoms with Crippen LogP contribution in [0.3, 0.4) is 0 Å². The fraction of sp³-hybridized carbons (Fsp3) is 0. The number of carboxylic acids is 1. The molecule has 0 saturated heterocycles. The van der Waals surface area contributed by atoms with Gasteiger partial charge >= 0.3 is 5.97 Å². The van der Waals surface area contributed by atoms with Gasteiger partial charge in [-0.15, -0.1) is 0 Å². The number of anilines is 3. The van der Waals surface area contributed by atoms with Gasteiger partial charge in [0.25, 0.3) is 0 Å². The molecule has 4 N–H and O–H groups in total. The third-order valence-electron chi connectivity index (χ3n) is 3.15. The van der Waals surface area contributed by atoms with Gasteiger partial charge in [0.15, 0.2) is 0 Å². The van der Waals surface area contributed by atoms with Crippen molar-refractivity contribution in [2.45, 2.75) is 0 Å². The van der Waals surface area contributed by atoms with Crippen LogP contribution < -0.4 is 11.1 Å². The van der Waals surface area contributed by atoms with Crippen molar-refractivity contribution < 1.29 is 9.90 Å². The fourth-order valence-corrected chi connectivity index (χ4v) is 2.15. The lowest BCUT2D eigenvalue weighted by molar-refractivity contribution is 0.0697. The first kappa shape index (κ1) is 12.9. The number of nitrogen functional groups attached to an aromatic ring is 1. The Morgan fingerprint density at radius 2 is 1.86 bits per heavy atom. The number of aromatic nitrogens is 1. The molecule has 0 saturated carbocycles. The minimum atomic E-state index is -1.07. The van der Waals surface area contributed by atoms with Crippen LogP contribution in [0.25, 0.3) is 10.8 Å². The van der Waals surface area contributed by atoms with E-state index in [0.29, 0.717) is 5.69 Å². The Kier molecular flexibility index (Phi) is 3.16. The van der Waals surface area contributed by atoms with Crippen LogP contribution in [-0.4, -0.2) is 16.1 Å². The van der Waals surface area contributed by atoms with E-state index in [1.165, 1.54) is 12.3 Å². The summed E-state index contributed by atoms with van der Waals surface area (Å²) >= 11 is 0. The molecule has 2 aromatic carbocycles. The predicted molar refractivity (Wildman–Crippen MR) is 82.8 cm³/mol. The highest BCUT2D eigenvalue weighted by Gasteiger charge is 2.12. The summed E-state index contributed by atoms with van der Waals surface area (Å²) in [5.41, 5.74) is 6.71. The van der Waals surface area contributed by atoms with E-state index in [2.05, 4.69) is 10.3 Å². The van der Waals surface area contributed by atoms with Crippen LogP contribution in [0.4, 0.5) is 17.2 Å². The van der Waals surface area contributed by atoms with Crippen molar-refractivity contribution in [3.05, 3.63) is 60.3 Å². The Bertz CT molecular complexity index is 831. The van der Waals surface area contributed by atoms with Gasteiger partial charge in [-0.2, -0.15) is 0 Å². The molecule has 0 aliphatic rings. The maximum absolute atomic E-state index is 11.2. The molecule has 0 amide bonds. The van der Waals surface area contributed by atoms with Crippen molar-refractivity contribution >= 4 is 33.9 Å². The number of hydrogen-bond donors (Lipinski definition) is 3. The largest absolute Gasteiger partial charge is 0.478 e. The van der Waals surface area contributed by atoms with Crippen molar-refractivity contribution in [3.63, 3.8) is 0 Å². The Morgan fingerprint density at radius 1 is 1.10 bits per heavy atom. The number of aromatic carboxylic acids is 1. The van der Waals surface area contributed by atoms with Crippen LogP contribution >= 0.6 is 0 Å². The van der Waals surface area contributed by atoms with Gasteiger partial charge < -0.3 is 16.2 Å². The summed E-state index contributed by atoms with van der Waals surface area (Å²) in [5, 5.41) is 14.4. The van der Waals surface area contributed by atoms with E-state index < -0.39 is 5.97 Å². The van der Waals surface area contributed by atoms with Gasteiger partial charge in [0.1, 0.15) is 11.4 Å². The number of carbonyl (C=O) groups is 1. The Morgan fingerprint density at radius 3 is 2.62 bits per heavy atom. The SMILES string of the molecule is Nc1cnc(Nc2ccc3ccccc3c2)c(C(=O)O)c1. The highest BCUT2D eigenvalue weighted by atomic mass is 16.4. The molecular weight excluding hydrogens is 266 g/mol. The number of nitrogens with two attached hydrogens (primary N) is 1. The molecule has 0 aliphatic carbocycles. The molecule has 3 aromatic rings. The molecular formula is C16H13N3O2. The van der Waals surface area contributed by atoms with Crippen LogP contribution in [0.2, 0.25) is 0 Å². The highest BCUT2D eigenvalue weighted by molar-refractivity contribution is 5.95. The van der Waals surface area contributed by atoms with E-state index in [0.717, 1.165) is 16.5 Å². The second-order valence-electron chi connectivity index (χ2n) is 4.66. The monoisotopic (exact) mass is 279 g/mol. The lowest BCUT2D eigenvalue weighted by Crippen LogP contribution is -2.06. The molecule has 0 aliphatic heterocycles. The van der Waals surface area contributed by atoms with Gasteiger partial charge in [0, 0.05) is 5.69 Å². The molecule has 0 atom stereocenters. The smallest absolute Gasteiger partial charge is 0.339 e. The van der Waals surface area contributed by atoms with Crippen LogP contribution in [0.1, 0.15) is 10.4 Å². The average Bonchev–Trinajstić information content (AvgIpc) is 2.49. The normalized spacial score (nSPS) is 10.5. The lowest BCUT2D eigenvalue weighted by Gasteiger charge is -2.10. The molecule has 0 bridgehead atoms. The Balaban J connectivity index is 2.00. The van der Waals surface area contributed by atoms with Gasteiger partial charge in [-0.05, 0) is 29.0 Å². The summed E-state index contributed by atoms with van der Waals surface area (Å²) in [7, 11) is 0. The van der Waals surface area contributed by atoms with E-state index in [9.17, 15) is 9.90 Å². The number of hydrogen-bond acceptors (Lipinski definition) is 4. The molecule has 1 aromatic heterocycles. The standard InChI is InChI=1S/C16H13N3O2/c17-12-8-14(16(20)21)15(18-9-12)19-13-6-5-10-3-1-2-4-11(10)7-13/h1-9H,17H2,(H,18,19)(H,20,21). The summed E-state index contributed by atoms with van der Waals surface area (Å²) in [6.07, 6.45) is 1.43. The van der Waals surface area contributed by atoms with E-state index in [4.69, 9.17) is 5.73 Å². The number of benzene rings is 2. The molecule has 21 heavy (non-hydrogen) atoms. The molecule has 1 heterocycles. The number of fused-ring (bicyclic) bond motifs is 1. The highest BCUT2D eigenvalue weighted by Crippen LogP contribution is 2.24. The maximum Gasteiger partial charge on any atom is 0.339 e. The van der Waals surface area contributed by atoms with Crippen LogP contribution in [0.5, 0.6) is 0 Å². The minimum Gasteiger partial charge on any atom is -0.478 e. The zero-order chi connectivity index (χ0) is 14.8. The molecule has 5 nitrogen and oxygen atoms in total. The third kappa shape index (κ3) is 2.62. The quantitative estimate of drug-likeness (QED) is 0.685. The van der Waals surface area contributed by atoms with E-state index >= 15 is 0 Å². The second kappa shape index (κ2) is 5.13. The Labute approximate surface area is 121 Å². The zero-order valence-electron chi connectivity index (χ0n) is 11.1. The number of rotatable bonds is 3. The maximum atomic E-state index is 11.2. The minimum absolute atomic E-state index is 0.0446. The fourth-order valence-electron chi connectivity index (χ4n) is 2.15. The second-order valence-corrected chi connectivity index (χ2v) is 4.66. The van der Waals surface area contributed by atoms with Gasteiger partial charge in [-0.1, -0.05) is 30.3 Å². The van der Waals surface area contributed by atoms with Crippen molar-refractivity contribution in [1.29, 1.82) is 0 Å². The third-order valence-corrected chi connectivity index (χ3v) is 3.15. The summed E-state index contributed by atoms with van der Waals surface area (Å²) in [6.45, 7) is 0. The topological polar surface area (TPSA) is 88.2 Å². The molecule has 0 radical (unpaired) electrons. The first-order valence-electron chi connectivity index (χ1n) is 6.38. The van der Waals surface area contributed by atoms with Crippen LogP contribution in [0.15, 0.2) is 54.7 Å². The Hall–Kier alpha value is -3.08. The summed E-state index contributed by atoms with van der Waals surface area (Å²) in [6, 6.07) is 15.1. The van der Waals surface area contributed by atoms with Crippen LogP contribution in [0, 0.1) is 0 Å². The average molecular weight is 279 g/mol. The van der Waals surface area contributed by atoms with Gasteiger partial charge in [0.2, 0.25) is 0 Å². The molecule has 3 rings (SSSR count). The van der Waals surface area contributed by atoms with Crippen molar-refractivity contribution in [2.75, 3.05) is 11.1 Å². The van der Waals surface area contributed by atoms with Crippen LogP contribution in [-0.2, 0) is 0 Å². The summed E-state index contributed by atoms with van der Waals surface area (Å²) in [5.74, 6) is -0.801. The number of pyridine rings is 1. The number of nitrogens with zero attached hydrogens (tertiary/aromatic N) is 1. The van der Waals surface area contributed by atoms with Crippen molar-refractivity contribution in [3.8, 4) is 0 Å². The summed E-state index contributed by atoms with van der Waals surface area (Å²) in [4.78, 5) is 15.3. The summed E-state index contributed by atoms with van der Waals surface area (Å²) < 4.78 is 0. The first-order chi connectivity index (χ1) is 10.1. The van der Waals surface area contributed by atoms with Crippen molar-refractivity contribution in [1.82, 2.24) is 4.98 Å². The molecule has 5 heteroatoms. The van der Waals surface area contributed by atoms with Gasteiger partial charge in [0.05, 0.1) is 11.9 Å². The zero-order valence-corrected chi connectivity index (χ0v) is 11.1. The van der Waals surface area contributed by atoms with E-state index in [1.807, 2.05) is 42.5 Å². The van der Waals surface area contributed by atoms with Gasteiger partial charge in [-0.25, -0.2) is 9.78 Å². The van der Waals surface area contributed by atoms with E-state index in [-0.39, 0.29) is 11.4 Å². The van der Waals surface area contributed by atoms with Crippen molar-refractivity contribution in [2.24, 2.45) is 0 Å². The molecule has 0 fully saturated rings. The lowest BCUT2D eigenvalue weighted by atomic mass is 10.1. The molecule has 0 unspecified atom stereocenters. The first-order valence-corrected chi connectivity index (χ1v) is 6.38. The molecule has 0 spiro atoms. The molecule has 104 valence electrons. The predicted octanol–water partition coefficient (Wildman–Crippen LogP) is 3.26. The van der Waals surface area contributed by atoms with E-state index in [1.54, 1.807) is 0 Å². The van der Waals surface area contributed by atoms with Gasteiger partial charge in [-0.3, -0.25) is 0 Å². The number of carboxylic acid groups (broad SMARTS) is 1.